The van der Waals surface area contributed by atoms with Gasteiger partial charge in [-0.3, -0.25) is 9.58 Å². The normalized spacial score (nSPS) is 29.3. The molecule has 1 N–H and O–H groups in total. The van der Waals surface area contributed by atoms with Crippen LogP contribution in [0.5, 0.6) is 0 Å². The van der Waals surface area contributed by atoms with Gasteiger partial charge in [0.1, 0.15) is 0 Å². The lowest BCUT2D eigenvalue weighted by Crippen LogP contribution is -2.42. The molecule has 0 bridgehead atoms. The van der Waals surface area contributed by atoms with Crippen molar-refractivity contribution in [3.8, 4) is 0 Å². The highest BCUT2D eigenvalue weighted by Gasteiger charge is 2.43. The van der Waals surface area contributed by atoms with E-state index in [1.807, 2.05) is 7.05 Å². The third-order valence-electron chi connectivity index (χ3n) is 7.51. The average molecular weight is 405 g/mol. The predicted molar refractivity (Wildman–Crippen MR) is 115 cm³/mol. The topological polar surface area (TPSA) is 51.6 Å². The van der Waals surface area contributed by atoms with E-state index in [2.05, 4.69) is 35.8 Å². The second kappa shape index (κ2) is 8.66. The third-order valence-corrected chi connectivity index (χ3v) is 7.51. The van der Waals surface area contributed by atoms with Crippen molar-refractivity contribution >= 4 is 0 Å². The number of rotatable bonds is 6. The molecule has 1 aromatic heterocycles. The fourth-order valence-electron chi connectivity index (χ4n) is 5.42. The van der Waals surface area contributed by atoms with E-state index in [4.69, 9.17) is 14.6 Å². The van der Waals surface area contributed by atoms with Gasteiger partial charge in [-0.05, 0) is 77.8 Å². The molecule has 3 heterocycles. The lowest BCUT2D eigenvalue weighted by atomic mass is 9.65. The first-order valence-corrected chi connectivity index (χ1v) is 11.5. The Hall–Kier alpha value is -0.950. The summed E-state index contributed by atoms with van der Waals surface area (Å²) in [6, 6.07) is 0. The van der Waals surface area contributed by atoms with Gasteiger partial charge in [0.05, 0.1) is 43.4 Å². The Labute approximate surface area is 176 Å². The van der Waals surface area contributed by atoms with Crippen LogP contribution < -0.4 is 5.32 Å². The molecule has 1 aliphatic carbocycles. The van der Waals surface area contributed by atoms with E-state index in [0.717, 1.165) is 46.0 Å². The number of hydrogen-bond donors (Lipinski definition) is 1. The van der Waals surface area contributed by atoms with Gasteiger partial charge >= 0.3 is 0 Å². The SMILES string of the molecule is CNCCN(C)Cc1nn2c(c1[C@H]1CC[C@@]3(CCC(C)(C)OC3)CC1)COCC2. The van der Waals surface area contributed by atoms with E-state index < -0.39 is 0 Å². The molecule has 0 atom stereocenters. The van der Waals surface area contributed by atoms with Gasteiger partial charge in [-0.2, -0.15) is 5.10 Å². The summed E-state index contributed by atoms with van der Waals surface area (Å²) in [6.07, 6.45) is 7.60. The molecule has 0 aromatic carbocycles. The number of aromatic nitrogens is 2. The van der Waals surface area contributed by atoms with Gasteiger partial charge < -0.3 is 14.8 Å². The molecule has 6 heteroatoms. The largest absolute Gasteiger partial charge is 0.375 e. The van der Waals surface area contributed by atoms with Gasteiger partial charge in [-0.25, -0.2) is 0 Å². The highest BCUT2D eigenvalue weighted by atomic mass is 16.5. The molecule has 1 aromatic rings. The zero-order chi connectivity index (χ0) is 20.5. The van der Waals surface area contributed by atoms with Gasteiger partial charge in [-0.1, -0.05) is 0 Å². The first kappa shape index (κ1) is 21.3. The Morgan fingerprint density at radius 1 is 1.21 bits per heavy atom. The number of nitrogens with zero attached hydrogens (tertiary/aromatic N) is 3. The van der Waals surface area contributed by atoms with Crippen molar-refractivity contribution in [3.05, 3.63) is 17.0 Å². The molecule has 1 saturated carbocycles. The summed E-state index contributed by atoms with van der Waals surface area (Å²) in [5.74, 6) is 0.619. The predicted octanol–water partition coefficient (Wildman–Crippen LogP) is 3.30. The zero-order valence-corrected chi connectivity index (χ0v) is 18.9. The van der Waals surface area contributed by atoms with Gasteiger partial charge in [-0.15, -0.1) is 0 Å². The minimum atomic E-state index is 0.0653. The quantitative estimate of drug-likeness (QED) is 0.788. The fourth-order valence-corrected chi connectivity index (χ4v) is 5.42. The van der Waals surface area contributed by atoms with Gasteiger partial charge in [0.25, 0.3) is 0 Å². The number of fused-ring (bicyclic) bond motifs is 1. The summed E-state index contributed by atoms with van der Waals surface area (Å²) >= 11 is 0. The fraction of sp³-hybridized carbons (Fsp3) is 0.870. The number of ether oxygens (including phenoxy) is 2. The van der Waals surface area contributed by atoms with Crippen LogP contribution in [0.4, 0.5) is 0 Å². The van der Waals surface area contributed by atoms with Crippen LogP contribution in [0, 0.1) is 5.41 Å². The maximum atomic E-state index is 6.24. The Bertz CT molecular complexity index is 679. The first-order valence-electron chi connectivity index (χ1n) is 11.5. The van der Waals surface area contributed by atoms with Crippen LogP contribution >= 0.6 is 0 Å². The third kappa shape index (κ3) is 4.71. The molecular weight excluding hydrogens is 364 g/mol. The van der Waals surface area contributed by atoms with Crippen LogP contribution in [0.1, 0.15) is 75.2 Å². The summed E-state index contributed by atoms with van der Waals surface area (Å²) in [7, 11) is 4.22. The molecule has 0 radical (unpaired) electrons. The number of hydrogen-bond acceptors (Lipinski definition) is 5. The lowest BCUT2D eigenvalue weighted by Gasteiger charge is -2.47. The minimum Gasteiger partial charge on any atom is -0.375 e. The van der Waals surface area contributed by atoms with E-state index in [1.165, 1.54) is 55.5 Å². The summed E-state index contributed by atoms with van der Waals surface area (Å²) in [6.45, 7) is 10.8. The maximum absolute atomic E-state index is 6.24. The highest BCUT2D eigenvalue weighted by Crippen LogP contribution is 2.50. The molecule has 0 unspecified atom stereocenters. The van der Waals surface area contributed by atoms with Crippen molar-refractivity contribution in [2.24, 2.45) is 5.41 Å². The Kier molecular flexibility index (Phi) is 6.35. The van der Waals surface area contributed by atoms with E-state index in [-0.39, 0.29) is 5.60 Å². The molecule has 0 amide bonds. The summed E-state index contributed by atoms with van der Waals surface area (Å²) in [5, 5.41) is 8.30. The molecular formula is C23H40N4O2. The van der Waals surface area contributed by atoms with Crippen LogP contribution in [-0.2, 0) is 29.2 Å². The van der Waals surface area contributed by atoms with E-state index in [0.29, 0.717) is 11.3 Å². The molecule has 3 aliphatic rings. The Balaban J connectivity index is 1.48. The van der Waals surface area contributed by atoms with E-state index in [1.54, 1.807) is 0 Å². The Morgan fingerprint density at radius 3 is 2.69 bits per heavy atom. The van der Waals surface area contributed by atoms with Crippen LogP contribution in [0.15, 0.2) is 0 Å². The van der Waals surface area contributed by atoms with Crippen molar-refractivity contribution in [2.75, 3.05) is 40.4 Å². The minimum absolute atomic E-state index is 0.0653. The van der Waals surface area contributed by atoms with Gasteiger partial charge in [0.2, 0.25) is 0 Å². The molecule has 2 aliphatic heterocycles. The number of nitrogens with one attached hydrogen (secondary N) is 1. The molecule has 6 nitrogen and oxygen atoms in total. The molecule has 164 valence electrons. The molecule has 29 heavy (non-hydrogen) atoms. The van der Waals surface area contributed by atoms with Gasteiger partial charge in [0.15, 0.2) is 0 Å². The van der Waals surface area contributed by atoms with Crippen LogP contribution in [0.3, 0.4) is 0 Å². The highest BCUT2D eigenvalue weighted by molar-refractivity contribution is 5.31. The summed E-state index contributed by atoms with van der Waals surface area (Å²) < 4.78 is 14.3. The second-order valence-corrected chi connectivity index (χ2v) is 10.2. The summed E-state index contributed by atoms with van der Waals surface area (Å²) in [4.78, 5) is 2.39. The van der Waals surface area contributed by atoms with Crippen molar-refractivity contribution in [2.45, 2.75) is 83.6 Å². The van der Waals surface area contributed by atoms with Crippen molar-refractivity contribution in [1.82, 2.24) is 20.0 Å². The zero-order valence-electron chi connectivity index (χ0n) is 18.9. The van der Waals surface area contributed by atoms with E-state index in [9.17, 15) is 0 Å². The maximum Gasteiger partial charge on any atom is 0.0888 e. The van der Waals surface area contributed by atoms with Crippen LogP contribution in [-0.4, -0.2) is 60.7 Å². The lowest BCUT2D eigenvalue weighted by molar-refractivity contribution is -0.125. The average Bonchev–Trinajstić information content (AvgIpc) is 3.07. The van der Waals surface area contributed by atoms with Crippen molar-refractivity contribution in [1.29, 1.82) is 0 Å². The van der Waals surface area contributed by atoms with Crippen LogP contribution in [0.2, 0.25) is 0 Å². The van der Waals surface area contributed by atoms with Crippen molar-refractivity contribution in [3.63, 3.8) is 0 Å². The van der Waals surface area contributed by atoms with E-state index >= 15 is 0 Å². The standard InChI is InChI=1S/C23H40N4O2/c1-22(2)9-10-23(17-29-22)7-5-18(6-8-23)21-19(15-26(4)12-11-24-3)25-27-13-14-28-16-20(21)27/h18,24H,5-17H2,1-4H3/t18-,23-. The number of likely N-dealkylation sites (N-methyl/N-ethyl adjacent to an activating group) is 2. The monoisotopic (exact) mass is 404 g/mol. The smallest absolute Gasteiger partial charge is 0.0888 e. The molecule has 4 rings (SSSR count). The molecule has 2 fully saturated rings. The molecule has 1 saturated heterocycles. The summed E-state index contributed by atoms with van der Waals surface area (Å²) in [5.41, 5.74) is 4.62. The second-order valence-electron chi connectivity index (χ2n) is 10.2. The Morgan fingerprint density at radius 2 is 2.00 bits per heavy atom. The van der Waals surface area contributed by atoms with Crippen LogP contribution in [0.25, 0.3) is 0 Å². The van der Waals surface area contributed by atoms with Gasteiger partial charge in [0, 0.05) is 25.2 Å². The van der Waals surface area contributed by atoms with Crippen molar-refractivity contribution < 1.29 is 9.47 Å². The molecule has 1 spiro atoms. The first-order chi connectivity index (χ1) is 13.9.